The lowest BCUT2D eigenvalue weighted by atomic mass is 9.99. The van der Waals surface area contributed by atoms with E-state index in [-0.39, 0.29) is 17.9 Å². The van der Waals surface area contributed by atoms with Crippen LogP contribution in [-0.4, -0.2) is 28.3 Å². The number of rotatable bonds is 6. The second-order valence-corrected chi connectivity index (χ2v) is 7.95. The van der Waals surface area contributed by atoms with E-state index in [4.69, 9.17) is 9.15 Å². The molecule has 1 aliphatic heterocycles. The molecule has 0 radical (unpaired) electrons. The van der Waals surface area contributed by atoms with Crippen LogP contribution < -0.4 is 4.74 Å². The van der Waals surface area contributed by atoms with E-state index in [1.54, 1.807) is 36.4 Å². The number of hydrogen-bond donors (Lipinski definition) is 1. The zero-order chi connectivity index (χ0) is 22.0. The summed E-state index contributed by atoms with van der Waals surface area (Å²) in [5, 5.41) is 11.0. The zero-order valence-electron chi connectivity index (χ0n) is 16.7. The minimum atomic E-state index is -0.839. The topological polar surface area (TPSA) is 80.0 Å². The number of ether oxygens (including phenoxy) is 1. The molecule has 1 saturated heterocycles. The van der Waals surface area contributed by atoms with Crippen molar-refractivity contribution in [1.29, 1.82) is 0 Å². The summed E-state index contributed by atoms with van der Waals surface area (Å²) in [6.45, 7) is 2.58. The molecule has 6 nitrogen and oxygen atoms in total. The van der Waals surface area contributed by atoms with Crippen molar-refractivity contribution < 1.29 is 23.8 Å². The molecule has 0 saturated carbocycles. The van der Waals surface area contributed by atoms with Gasteiger partial charge in [0, 0.05) is 16.6 Å². The Labute approximate surface area is 187 Å². The highest BCUT2D eigenvalue weighted by molar-refractivity contribution is 9.10. The molecule has 0 bridgehead atoms. The molecule has 31 heavy (non-hydrogen) atoms. The first-order chi connectivity index (χ1) is 15.0. The first kappa shape index (κ1) is 20.9. The third-order valence-corrected chi connectivity index (χ3v) is 5.56. The second-order valence-electron chi connectivity index (χ2n) is 7.03. The van der Waals surface area contributed by atoms with Gasteiger partial charge in [0.25, 0.3) is 11.7 Å². The van der Waals surface area contributed by atoms with Gasteiger partial charge in [0.15, 0.2) is 0 Å². The van der Waals surface area contributed by atoms with Gasteiger partial charge in [-0.2, -0.15) is 0 Å². The molecule has 2 heterocycles. The normalized spacial score (nSPS) is 17.9. The standard InChI is InChI=1S/C24H20BrNO5/c1-2-30-18-6-3-5-15(13-18)14-26-21(19-7-4-12-31-19)20(23(28)24(26)29)22(27)16-8-10-17(25)11-9-16/h3-13,21,27H,2,14H2,1H3/b22-20-. The molecule has 0 spiro atoms. The molecule has 2 aromatic carbocycles. The summed E-state index contributed by atoms with van der Waals surface area (Å²) in [6, 6.07) is 16.8. The van der Waals surface area contributed by atoms with E-state index in [1.807, 2.05) is 31.2 Å². The predicted octanol–water partition coefficient (Wildman–Crippen LogP) is 5.06. The first-order valence-electron chi connectivity index (χ1n) is 9.79. The molecule has 4 rings (SSSR count). The lowest BCUT2D eigenvalue weighted by Crippen LogP contribution is -2.29. The van der Waals surface area contributed by atoms with Crippen LogP contribution in [0.25, 0.3) is 5.76 Å². The van der Waals surface area contributed by atoms with Crippen molar-refractivity contribution in [3.8, 4) is 5.75 Å². The van der Waals surface area contributed by atoms with Crippen molar-refractivity contribution in [2.45, 2.75) is 19.5 Å². The highest BCUT2D eigenvalue weighted by atomic mass is 79.9. The Morgan fingerprint density at radius 2 is 1.90 bits per heavy atom. The maximum absolute atomic E-state index is 13.0. The van der Waals surface area contributed by atoms with Crippen LogP contribution >= 0.6 is 15.9 Å². The summed E-state index contributed by atoms with van der Waals surface area (Å²) in [4.78, 5) is 27.4. The number of carbonyl (C=O) groups excluding carboxylic acids is 2. The van der Waals surface area contributed by atoms with Gasteiger partial charge in [-0.3, -0.25) is 9.59 Å². The maximum Gasteiger partial charge on any atom is 0.296 e. The van der Waals surface area contributed by atoms with Gasteiger partial charge >= 0.3 is 0 Å². The van der Waals surface area contributed by atoms with Gasteiger partial charge in [-0.1, -0.05) is 40.2 Å². The molecule has 7 heteroatoms. The number of aliphatic hydroxyl groups is 1. The van der Waals surface area contributed by atoms with Gasteiger partial charge in [-0.15, -0.1) is 0 Å². The lowest BCUT2D eigenvalue weighted by Gasteiger charge is -2.23. The monoisotopic (exact) mass is 481 g/mol. The molecule has 0 aliphatic carbocycles. The number of carbonyl (C=O) groups is 2. The first-order valence-corrected chi connectivity index (χ1v) is 10.6. The SMILES string of the molecule is CCOc1cccc(CN2C(=O)C(=O)/C(=C(\O)c3ccc(Br)cc3)C2c2ccco2)c1. The van der Waals surface area contributed by atoms with Crippen LogP contribution in [0.5, 0.6) is 5.75 Å². The van der Waals surface area contributed by atoms with E-state index in [1.165, 1.54) is 11.2 Å². The molecule has 1 unspecified atom stereocenters. The number of nitrogens with zero attached hydrogens (tertiary/aromatic N) is 1. The molecule has 3 aromatic rings. The fourth-order valence-corrected chi connectivity index (χ4v) is 3.91. The fourth-order valence-electron chi connectivity index (χ4n) is 3.65. The van der Waals surface area contributed by atoms with E-state index in [9.17, 15) is 14.7 Å². The number of aliphatic hydroxyl groups excluding tert-OH is 1. The van der Waals surface area contributed by atoms with E-state index >= 15 is 0 Å². The minimum absolute atomic E-state index is 0.00300. The van der Waals surface area contributed by atoms with Crippen LogP contribution in [-0.2, 0) is 16.1 Å². The van der Waals surface area contributed by atoms with Crippen LogP contribution in [0.4, 0.5) is 0 Å². The number of benzene rings is 2. The molecule has 1 N–H and O–H groups in total. The minimum Gasteiger partial charge on any atom is -0.507 e. The molecular formula is C24H20BrNO5. The van der Waals surface area contributed by atoms with Crippen LogP contribution in [0.2, 0.25) is 0 Å². The Balaban J connectivity index is 1.78. The van der Waals surface area contributed by atoms with Crippen molar-refractivity contribution >= 4 is 33.4 Å². The summed E-state index contributed by atoms with van der Waals surface area (Å²) in [5.41, 5.74) is 1.24. The van der Waals surface area contributed by atoms with Crippen molar-refractivity contribution in [2.75, 3.05) is 6.61 Å². The number of halogens is 1. The van der Waals surface area contributed by atoms with Crippen LogP contribution in [0, 0.1) is 0 Å². The Morgan fingerprint density at radius 3 is 2.58 bits per heavy atom. The number of furan rings is 1. The molecule has 1 amide bonds. The molecule has 158 valence electrons. The lowest BCUT2D eigenvalue weighted by molar-refractivity contribution is -0.140. The highest BCUT2D eigenvalue weighted by Crippen LogP contribution is 2.40. The fraction of sp³-hybridized carbons (Fsp3) is 0.167. The highest BCUT2D eigenvalue weighted by Gasteiger charge is 2.47. The van der Waals surface area contributed by atoms with E-state index < -0.39 is 17.7 Å². The van der Waals surface area contributed by atoms with Crippen molar-refractivity contribution in [3.63, 3.8) is 0 Å². The Morgan fingerprint density at radius 1 is 1.13 bits per heavy atom. The zero-order valence-corrected chi connectivity index (χ0v) is 18.3. The van der Waals surface area contributed by atoms with Crippen molar-refractivity contribution in [3.05, 3.63) is 93.9 Å². The van der Waals surface area contributed by atoms with E-state index in [0.29, 0.717) is 23.7 Å². The van der Waals surface area contributed by atoms with Gasteiger partial charge in [0.2, 0.25) is 0 Å². The van der Waals surface area contributed by atoms with Crippen molar-refractivity contribution in [1.82, 2.24) is 4.90 Å². The van der Waals surface area contributed by atoms with E-state index in [0.717, 1.165) is 10.0 Å². The number of amides is 1. The average molecular weight is 482 g/mol. The number of likely N-dealkylation sites (tertiary alicyclic amines) is 1. The molecule has 1 fully saturated rings. The maximum atomic E-state index is 13.0. The summed E-state index contributed by atoms with van der Waals surface area (Å²) >= 11 is 3.35. The predicted molar refractivity (Wildman–Crippen MR) is 118 cm³/mol. The van der Waals surface area contributed by atoms with Gasteiger partial charge in [-0.25, -0.2) is 0 Å². The largest absolute Gasteiger partial charge is 0.507 e. The summed E-state index contributed by atoms with van der Waals surface area (Å²) < 4.78 is 11.9. The Bertz CT molecular complexity index is 1140. The smallest absolute Gasteiger partial charge is 0.296 e. The van der Waals surface area contributed by atoms with Gasteiger partial charge < -0.3 is 19.2 Å². The van der Waals surface area contributed by atoms with Crippen LogP contribution in [0.3, 0.4) is 0 Å². The van der Waals surface area contributed by atoms with E-state index in [2.05, 4.69) is 15.9 Å². The summed E-state index contributed by atoms with van der Waals surface area (Å²) in [6.07, 6.45) is 1.48. The quantitative estimate of drug-likeness (QED) is 0.302. The van der Waals surface area contributed by atoms with Crippen molar-refractivity contribution in [2.24, 2.45) is 0 Å². The molecule has 1 aliphatic rings. The third-order valence-electron chi connectivity index (χ3n) is 5.03. The summed E-state index contributed by atoms with van der Waals surface area (Å²) in [5.74, 6) is -0.595. The Kier molecular flexibility index (Phi) is 5.95. The molecule has 1 aromatic heterocycles. The van der Waals surface area contributed by atoms with Gasteiger partial charge in [-0.05, 0) is 48.9 Å². The van der Waals surface area contributed by atoms with Crippen LogP contribution in [0.15, 0.2) is 81.4 Å². The molecular weight excluding hydrogens is 462 g/mol. The van der Waals surface area contributed by atoms with Gasteiger partial charge in [0.1, 0.15) is 23.3 Å². The number of ketones is 1. The third kappa shape index (κ3) is 4.14. The molecule has 1 atom stereocenters. The second kappa shape index (κ2) is 8.81. The van der Waals surface area contributed by atoms with Gasteiger partial charge in [0.05, 0.1) is 18.4 Å². The Hall–Kier alpha value is -3.32. The average Bonchev–Trinajstić information content (AvgIpc) is 3.37. The van der Waals surface area contributed by atoms with Crippen LogP contribution in [0.1, 0.15) is 29.9 Å². The number of Topliss-reactive ketones (excluding diaryl/α,β-unsaturated/α-hetero) is 1. The number of hydrogen-bond acceptors (Lipinski definition) is 5. The summed E-state index contributed by atoms with van der Waals surface area (Å²) in [7, 11) is 0.